The van der Waals surface area contributed by atoms with Gasteiger partial charge in [-0.1, -0.05) is 94.2 Å². The van der Waals surface area contributed by atoms with Gasteiger partial charge in [0.15, 0.2) is 0 Å². The van der Waals surface area contributed by atoms with Crippen LogP contribution in [0.25, 0.3) is 0 Å². The largest absolute Gasteiger partial charge is 0.381 e. The van der Waals surface area contributed by atoms with E-state index in [0.29, 0.717) is 29.2 Å². The Morgan fingerprint density at radius 3 is 1.23 bits per heavy atom. The lowest BCUT2D eigenvalue weighted by Gasteiger charge is -2.17. The van der Waals surface area contributed by atoms with Crippen molar-refractivity contribution in [3.63, 3.8) is 0 Å². The highest BCUT2D eigenvalue weighted by Crippen LogP contribution is 2.37. The van der Waals surface area contributed by atoms with Gasteiger partial charge in [0.25, 0.3) is 11.8 Å². The molecule has 4 atom stereocenters. The van der Waals surface area contributed by atoms with Crippen LogP contribution in [0.1, 0.15) is 33.4 Å². The van der Waals surface area contributed by atoms with E-state index >= 15 is 0 Å². The average Bonchev–Trinajstić information content (AvgIpc) is 3.83. The monoisotopic (exact) mass is 624 g/mol. The Morgan fingerprint density at radius 1 is 0.511 bits per heavy atom. The molecule has 2 fully saturated rings. The standard InChI is InChI=1S/C37H28N4O6/c1-20-3-11-24(12-4-20)30-28-32(46-38-30)36(44)40(34(28)42)26-15-7-22(8-16-26)19-23-9-17-27(18-10-23)41-35(43)29-31(39-47-33(29)37(41)45)25-13-5-21(2)6-14-25/h3-18,28-29,32-33H,19H2,1-2H3/t28-,29+,32+,33-. The predicted molar refractivity (Wildman–Crippen MR) is 173 cm³/mol. The molecule has 0 saturated carbocycles. The summed E-state index contributed by atoms with van der Waals surface area (Å²) in [6, 6.07) is 29.7. The number of nitrogens with zero attached hydrogens (tertiary/aromatic N) is 4. The van der Waals surface area contributed by atoms with Crippen molar-refractivity contribution >= 4 is 46.4 Å². The molecule has 4 aromatic rings. The quantitative estimate of drug-likeness (QED) is 0.292. The van der Waals surface area contributed by atoms with E-state index in [1.54, 1.807) is 24.3 Å². The fraction of sp³-hybridized carbons (Fsp3) is 0.189. The molecule has 0 unspecified atom stereocenters. The molecule has 0 aliphatic carbocycles. The van der Waals surface area contributed by atoms with E-state index in [0.717, 1.165) is 33.4 Å². The van der Waals surface area contributed by atoms with Crippen LogP contribution in [0.3, 0.4) is 0 Å². The fourth-order valence-corrected chi connectivity index (χ4v) is 6.55. The van der Waals surface area contributed by atoms with Crippen LogP contribution in [0.2, 0.25) is 0 Å². The number of fused-ring (bicyclic) bond motifs is 2. The SMILES string of the molecule is Cc1ccc(C2=NO[C@@H]3C(=O)N(c4ccc(Cc5ccc(N6C(=O)[C@H]7C(c8ccc(C)cc8)=NO[C@H]7C6=O)cc5)cc4)C(=O)[C@H]23)cc1. The van der Waals surface area contributed by atoms with E-state index in [4.69, 9.17) is 9.68 Å². The summed E-state index contributed by atoms with van der Waals surface area (Å²) in [4.78, 5) is 66.5. The van der Waals surface area contributed by atoms with Crippen LogP contribution < -0.4 is 9.80 Å². The summed E-state index contributed by atoms with van der Waals surface area (Å²) in [6.07, 6.45) is -1.39. The number of oxime groups is 2. The normalized spacial score (nSPS) is 23.0. The molecule has 47 heavy (non-hydrogen) atoms. The first-order valence-corrected chi connectivity index (χ1v) is 15.3. The third-order valence-corrected chi connectivity index (χ3v) is 9.12. The molecule has 0 aromatic heterocycles. The van der Waals surface area contributed by atoms with E-state index in [1.165, 1.54) is 9.80 Å². The smallest absolute Gasteiger partial charge is 0.278 e. The van der Waals surface area contributed by atoms with Crippen LogP contribution in [-0.2, 0) is 35.3 Å². The number of anilines is 2. The maximum Gasteiger partial charge on any atom is 0.278 e. The molecular weight excluding hydrogens is 596 g/mol. The highest BCUT2D eigenvalue weighted by atomic mass is 16.7. The Bertz CT molecular complexity index is 1870. The van der Waals surface area contributed by atoms with Gasteiger partial charge in [0.05, 0.1) is 11.4 Å². The second-order valence-electron chi connectivity index (χ2n) is 12.2. The topological polar surface area (TPSA) is 118 Å². The minimum absolute atomic E-state index is 0.363. The summed E-state index contributed by atoms with van der Waals surface area (Å²) in [6.45, 7) is 3.95. The Morgan fingerprint density at radius 2 is 0.872 bits per heavy atom. The van der Waals surface area contributed by atoms with Crippen LogP contribution in [0.5, 0.6) is 0 Å². The lowest BCUT2D eigenvalue weighted by molar-refractivity contribution is -0.127. The molecule has 0 radical (unpaired) electrons. The van der Waals surface area contributed by atoms with Gasteiger partial charge >= 0.3 is 0 Å². The molecule has 2 saturated heterocycles. The molecule has 4 aromatic carbocycles. The number of carbonyl (C=O) groups is 4. The second-order valence-corrected chi connectivity index (χ2v) is 12.2. The number of hydrogen-bond donors (Lipinski definition) is 0. The fourth-order valence-electron chi connectivity index (χ4n) is 6.55. The number of rotatable bonds is 6. The Labute approximate surface area is 269 Å². The Hall–Kier alpha value is -5.90. The first kappa shape index (κ1) is 28.6. The highest BCUT2D eigenvalue weighted by molar-refractivity contribution is 6.33. The van der Waals surface area contributed by atoms with Gasteiger partial charge in [0.1, 0.15) is 23.3 Å². The number of benzene rings is 4. The summed E-state index contributed by atoms with van der Waals surface area (Å²) in [7, 11) is 0. The van der Waals surface area contributed by atoms with E-state index < -0.39 is 35.9 Å². The van der Waals surface area contributed by atoms with Gasteiger partial charge < -0.3 is 9.68 Å². The molecule has 4 aliphatic rings. The number of amides is 4. The van der Waals surface area contributed by atoms with E-state index in [1.807, 2.05) is 86.6 Å². The van der Waals surface area contributed by atoms with Gasteiger partial charge in [-0.15, -0.1) is 0 Å². The molecule has 4 heterocycles. The molecular formula is C37H28N4O6. The van der Waals surface area contributed by atoms with Gasteiger partial charge in [0, 0.05) is 11.1 Å². The van der Waals surface area contributed by atoms with Crippen molar-refractivity contribution < 1.29 is 28.9 Å². The van der Waals surface area contributed by atoms with Gasteiger partial charge in [-0.25, -0.2) is 9.80 Å². The number of imide groups is 2. The molecule has 8 rings (SSSR count). The van der Waals surface area contributed by atoms with Crippen LogP contribution in [0, 0.1) is 25.7 Å². The summed E-state index contributed by atoms with van der Waals surface area (Å²) >= 11 is 0. The van der Waals surface area contributed by atoms with Crippen LogP contribution >= 0.6 is 0 Å². The van der Waals surface area contributed by atoms with Crippen LogP contribution in [-0.4, -0.2) is 47.3 Å². The molecule has 0 bridgehead atoms. The molecule has 0 spiro atoms. The lowest BCUT2D eigenvalue weighted by Crippen LogP contribution is -2.33. The van der Waals surface area contributed by atoms with E-state index in [9.17, 15) is 19.2 Å². The van der Waals surface area contributed by atoms with Crippen molar-refractivity contribution in [3.05, 3.63) is 130 Å². The van der Waals surface area contributed by atoms with Crippen molar-refractivity contribution in [1.29, 1.82) is 0 Å². The van der Waals surface area contributed by atoms with Crippen LogP contribution in [0.4, 0.5) is 11.4 Å². The summed E-state index contributed by atoms with van der Waals surface area (Å²) < 4.78 is 0. The zero-order valence-electron chi connectivity index (χ0n) is 25.5. The van der Waals surface area contributed by atoms with E-state index in [-0.39, 0.29) is 11.8 Å². The number of hydrogen-bond acceptors (Lipinski definition) is 8. The number of carbonyl (C=O) groups excluding carboxylic acids is 4. The van der Waals surface area contributed by atoms with Gasteiger partial charge in [0.2, 0.25) is 24.0 Å². The maximum atomic E-state index is 13.5. The van der Waals surface area contributed by atoms with Crippen molar-refractivity contribution in [2.45, 2.75) is 32.5 Å². The molecule has 10 heteroatoms. The van der Waals surface area contributed by atoms with Gasteiger partial charge in [-0.3, -0.25) is 19.2 Å². The zero-order chi connectivity index (χ0) is 32.4. The second kappa shape index (κ2) is 10.9. The van der Waals surface area contributed by atoms with Gasteiger partial charge in [-0.05, 0) is 55.7 Å². The predicted octanol–water partition coefficient (Wildman–Crippen LogP) is 4.48. The zero-order valence-corrected chi connectivity index (χ0v) is 25.5. The third-order valence-electron chi connectivity index (χ3n) is 9.12. The lowest BCUT2D eigenvalue weighted by atomic mass is 9.93. The minimum atomic E-state index is -0.973. The van der Waals surface area contributed by atoms with Crippen molar-refractivity contribution in [1.82, 2.24) is 0 Å². The number of aryl methyl sites for hydroxylation is 2. The first-order valence-electron chi connectivity index (χ1n) is 15.3. The first-order chi connectivity index (χ1) is 22.8. The molecule has 10 nitrogen and oxygen atoms in total. The highest BCUT2D eigenvalue weighted by Gasteiger charge is 2.57. The molecule has 4 aliphatic heterocycles. The summed E-state index contributed by atoms with van der Waals surface area (Å²) in [5.41, 5.74) is 7.42. The van der Waals surface area contributed by atoms with Crippen molar-refractivity contribution in [2.24, 2.45) is 22.1 Å². The summed E-state index contributed by atoms with van der Waals surface area (Å²) in [5, 5.41) is 8.16. The molecule has 4 amide bonds. The van der Waals surface area contributed by atoms with Crippen molar-refractivity contribution in [3.8, 4) is 0 Å². The third kappa shape index (κ3) is 4.63. The minimum Gasteiger partial charge on any atom is -0.381 e. The summed E-state index contributed by atoms with van der Waals surface area (Å²) in [5.74, 6) is -3.18. The maximum absolute atomic E-state index is 13.5. The Balaban J connectivity index is 0.948. The Kier molecular flexibility index (Phi) is 6.61. The van der Waals surface area contributed by atoms with Crippen LogP contribution in [0.15, 0.2) is 107 Å². The average molecular weight is 625 g/mol. The van der Waals surface area contributed by atoms with Gasteiger partial charge in [-0.2, -0.15) is 0 Å². The van der Waals surface area contributed by atoms with E-state index in [2.05, 4.69) is 10.3 Å². The van der Waals surface area contributed by atoms with Crippen molar-refractivity contribution in [2.75, 3.05) is 9.80 Å². The molecule has 0 N–H and O–H groups in total. The molecule has 232 valence electrons.